The number of carbonyl (C=O) groups excluding carboxylic acids is 1. The Morgan fingerprint density at radius 1 is 1.05 bits per heavy atom. The first-order chi connectivity index (χ1) is 10.4. The molecule has 2 N–H and O–H groups in total. The molecule has 1 saturated heterocycles. The summed E-state index contributed by atoms with van der Waals surface area (Å²) in [6.07, 6.45) is 2.00. The molecule has 0 aromatic heterocycles. The quantitative estimate of drug-likeness (QED) is 0.828. The van der Waals surface area contributed by atoms with Crippen molar-refractivity contribution >= 4 is 22.8 Å². The number of carbonyl (C=O) groups is 1. The normalized spacial score (nSPS) is 19.1. The monoisotopic (exact) mass is 294 g/mol. The Bertz CT molecular complexity index is 772. The van der Waals surface area contributed by atoms with Crippen molar-refractivity contribution in [2.24, 2.45) is 0 Å². The van der Waals surface area contributed by atoms with E-state index in [1.54, 1.807) is 0 Å². The van der Waals surface area contributed by atoms with Gasteiger partial charge in [-0.1, -0.05) is 50.2 Å². The van der Waals surface area contributed by atoms with Crippen molar-refractivity contribution in [2.75, 3.05) is 0 Å². The van der Waals surface area contributed by atoms with Crippen molar-refractivity contribution in [3.05, 3.63) is 53.1 Å². The van der Waals surface area contributed by atoms with Gasteiger partial charge >= 0.3 is 0 Å². The zero-order valence-electron chi connectivity index (χ0n) is 13.5. The molecule has 3 nitrogen and oxygen atoms in total. The summed E-state index contributed by atoms with van der Waals surface area (Å²) >= 11 is 0. The maximum absolute atomic E-state index is 12.1. The van der Waals surface area contributed by atoms with Crippen LogP contribution in [0.3, 0.4) is 0 Å². The molecule has 1 heterocycles. The van der Waals surface area contributed by atoms with Crippen LogP contribution >= 0.6 is 0 Å². The highest BCUT2D eigenvalue weighted by Crippen LogP contribution is 2.31. The van der Waals surface area contributed by atoms with E-state index in [9.17, 15) is 4.79 Å². The fourth-order valence-electron chi connectivity index (χ4n) is 3.01. The van der Waals surface area contributed by atoms with Gasteiger partial charge in [0.05, 0.1) is 5.54 Å². The minimum atomic E-state index is -0.366. The van der Waals surface area contributed by atoms with Crippen LogP contribution in [-0.4, -0.2) is 11.4 Å². The lowest BCUT2D eigenvalue weighted by Crippen LogP contribution is -2.38. The Morgan fingerprint density at radius 3 is 2.32 bits per heavy atom. The van der Waals surface area contributed by atoms with E-state index in [1.165, 1.54) is 16.3 Å². The van der Waals surface area contributed by atoms with E-state index in [-0.39, 0.29) is 11.4 Å². The first-order valence-corrected chi connectivity index (χ1v) is 7.71. The highest BCUT2D eigenvalue weighted by Gasteiger charge is 2.35. The summed E-state index contributed by atoms with van der Waals surface area (Å²) in [5.41, 5.74) is 8.54. The van der Waals surface area contributed by atoms with Crippen molar-refractivity contribution in [1.82, 2.24) is 10.9 Å². The summed E-state index contributed by atoms with van der Waals surface area (Å²) < 4.78 is 0. The second kappa shape index (κ2) is 5.25. The van der Waals surface area contributed by atoms with Crippen LogP contribution in [0.15, 0.2) is 42.0 Å². The molecule has 0 atom stereocenters. The Kier molecular flexibility index (Phi) is 3.53. The van der Waals surface area contributed by atoms with Gasteiger partial charge in [0.25, 0.3) is 5.91 Å². The first-order valence-electron chi connectivity index (χ1n) is 7.71. The average molecular weight is 294 g/mol. The van der Waals surface area contributed by atoms with Crippen LogP contribution in [0.4, 0.5) is 0 Å². The summed E-state index contributed by atoms with van der Waals surface area (Å²) in [6.45, 7) is 8.41. The topological polar surface area (TPSA) is 41.1 Å². The summed E-state index contributed by atoms with van der Waals surface area (Å²) in [5.74, 6) is 0.418. The van der Waals surface area contributed by atoms with Crippen molar-refractivity contribution in [3.8, 4) is 0 Å². The van der Waals surface area contributed by atoms with Crippen LogP contribution < -0.4 is 10.9 Å². The molecule has 2 aromatic rings. The van der Waals surface area contributed by atoms with E-state index in [1.807, 2.05) is 26.0 Å². The van der Waals surface area contributed by atoms with E-state index in [0.29, 0.717) is 5.92 Å². The highest BCUT2D eigenvalue weighted by atomic mass is 16.2. The van der Waals surface area contributed by atoms with Gasteiger partial charge in [0.15, 0.2) is 0 Å². The molecule has 0 radical (unpaired) electrons. The predicted octanol–water partition coefficient (Wildman–Crippen LogP) is 3.76. The molecule has 0 bridgehead atoms. The number of amides is 1. The standard InChI is InChI=1S/C19H22N2O/c1-12(2)14-10-9-13(15-7-5-6-8-16(14)15)11-17-18(22)20-21-19(17,3)4/h5-12,21H,1-4H3,(H,20,22)/b17-11+. The number of fused-ring (bicyclic) bond motifs is 1. The molecule has 0 saturated carbocycles. The van der Waals surface area contributed by atoms with E-state index in [2.05, 4.69) is 55.0 Å². The van der Waals surface area contributed by atoms with Crippen LogP contribution in [0, 0.1) is 0 Å². The van der Waals surface area contributed by atoms with Gasteiger partial charge in [0, 0.05) is 5.57 Å². The average Bonchev–Trinajstić information content (AvgIpc) is 2.74. The zero-order valence-corrected chi connectivity index (χ0v) is 13.5. The van der Waals surface area contributed by atoms with Gasteiger partial charge in [-0.2, -0.15) is 0 Å². The maximum Gasteiger partial charge on any atom is 0.263 e. The molecule has 0 unspecified atom stereocenters. The predicted molar refractivity (Wildman–Crippen MR) is 91.4 cm³/mol. The van der Waals surface area contributed by atoms with Crippen molar-refractivity contribution < 1.29 is 4.79 Å². The summed E-state index contributed by atoms with van der Waals surface area (Å²) in [6, 6.07) is 12.7. The Balaban J connectivity index is 2.21. The van der Waals surface area contributed by atoms with Gasteiger partial charge in [-0.05, 0) is 47.7 Å². The number of nitrogens with one attached hydrogen (secondary N) is 2. The molecular formula is C19H22N2O. The van der Waals surface area contributed by atoms with Gasteiger partial charge < -0.3 is 0 Å². The van der Waals surface area contributed by atoms with Crippen LogP contribution in [0.25, 0.3) is 16.8 Å². The lowest BCUT2D eigenvalue weighted by molar-refractivity contribution is -0.116. The maximum atomic E-state index is 12.1. The molecule has 2 aromatic carbocycles. The fourth-order valence-corrected chi connectivity index (χ4v) is 3.01. The van der Waals surface area contributed by atoms with E-state index in [4.69, 9.17) is 0 Å². The van der Waals surface area contributed by atoms with Gasteiger partial charge in [-0.15, -0.1) is 0 Å². The molecule has 1 aliphatic heterocycles. The number of hydrogen-bond donors (Lipinski definition) is 2. The lowest BCUT2D eigenvalue weighted by atomic mass is 9.90. The second-order valence-electron chi connectivity index (χ2n) is 6.71. The molecule has 1 fully saturated rings. The third kappa shape index (κ3) is 2.42. The van der Waals surface area contributed by atoms with Gasteiger partial charge in [0.1, 0.15) is 0 Å². The lowest BCUT2D eigenvalue weighted by Gasteiger charge is -2.18. The minimum absolute atomic E-state index is 0.0537. The molecule has 114 valence electrons. The van der Waals surface area contributed by atoms with Crippen LogP contribution in [0.2, 0.25) is 0 Å². The molecular weight excluding hydrogens is 272 g/mol. The SMILES string of the molecule is CC(C)c1ccc(/C=C2\C(=O)NNC2(C)C)c2ccccc12. The third-order valence-corrected chi connectivity index (χ3v) is 4.32. The smallest absolute Gasteiger partial charge is 0.263 e. The Hall–Kier alpha value is -2.13. The summed E-state index contributed by atoms with van der Waals surface area (Å²) in [4.78, 5) is 12.1. The summed E-state index contributed by atoms with van der Waals surface area (Å²) in [7, 11) is 0. The van der Waals surface area contributed by atoms with Gasteiger partial charge in [0.2, 0.25) is 0 Å². The van der Waals surface area contributed by atoms with Crippen LogP contribution in [0.1, 0.15) is 44.7 Å². The van der Waals surface area contributed by atoms with Crippen molar-refractivity contribution in [2.45, 2.75) is 39.2 Å². The zero-order chi connectivity index (χ0) is 15.9. The third-order valence-electron chi connectivity index (χ3n) is 4.32. The number of hydrogen-bond acceptors (Lipinski definition) is 2. The Labute approximate surface area is 131 Å². The minimum Gasteiger partial charge on any atom is -0.287 e. The fraction of sp³-hybridized carbons (Fsp3) is 0.316. The van der Waals surface area contributed by atoms with E-state index < -0.39 is 0 Å². The number of rotatable bonds is 2. The van der Waals surface area contributed by atoms with Crippen molar-refractivity contribution in [1.29, 1.82) is 0 Å². The van der Waals surface area contributed by atoms with Crippen LogP contribution in [-0.2, 0) is 4.79 Å². The number of hydrazine groups is 1. The first kappa shape index (κ1) is 14.8. The van der Waals surface area contributed by atoms with E-state index >= 15 is 0 Å². The van der Waals surface area contributed by atoms with Crippen molar-refractivity contribution in [3.63, 3.8) is 0 Å². The molecule has 0 aliphatic carbocycles. The second-order valence-corrected chi connectivity index (χ2v) is 6.71. The molecule has 3 rings (SSSR count). The van der Waals surface area contributed by atoms with Gasteiger partial charge in [-0.3, -0.25) is 10.2 Å². The van der Waals surface area contributed by atoms with E-state index in [0.717, 1.165) is 11.1 Å². The molecule has 3 heteroatoms. The molecule has 22 heavy (non-hydrogen) atoms. The molecule has 1 aliphatic rings. The molecule has 1 amide bonds. The summed E-state index contributed by atoms with van der Waals surface area (Å²) in [5, 5.41) is 2.45. The number of benzene rings is 2. The highest BCUT2D eigenvalue weighted by molar-refractivity contribution is 6.04. The van der Waals surface area contributed by atoms with Gasteiger partial charge in [-0.25, -0.2) is 5.43 Å². The van der Waals surface area contributed by atoms with Crippen LogP contribution in [0.5, 0.6) is 0 Å². The molecule has 0 spiro atoms. The largest absolute Gasteiger partial charge is 0.287 e. The Morgan fingerprint density at radius 2 is 1.73 bits per heavy atom.